The van der Waals surface area contributed by atoms with Crippen LogP contribution in [0.1, 0.15) is 25.0 Å². The average Bonchev–Trinajstić information content (AvgIpc) is 2.26. The van der Waals surface area contributed by atoms with E-state index in [1.54, 1.807) is 0 Å². The molecule has 2 atom stereocenters. The van der Waals surface area contributed by atoms with Gasteiger partial charge in [0, 0.05) is 18.4 Å². The highest BCUT2D eigenvalue weighted by molar-refractivity contribution is 8.13. The molecule has 0 aliphatic carbocycles. The van der Waals surface area contributed by atoms with Crippen LogP contribution in [0.25, 0.3) is 0 Å². The largest absolute Gasteiger partial charge is 0.399 e. The number of hydrogen-bond acceptors (Lipinski definition) is 5. The Morgan fingerprint density at radius 1 is 1.44 bits per heavy atom. The second-order valence-electron chi connectivity index (χ2n) is 3.96. The van der Waals surface area contributed by atoms with Crippen LogP contribution in [0.15, 0.2) is 18.2 Å². The van der Waals surface area contributed by atoms with E-state index in [1.165, 1.54) is 13.0 Å². The topological polar surface area (TPSA) is 83.5 Å². The molecule has 0 bridgehead atoms. The third kappa shape index (κ3) is 4.64. The van der Waals surface area contributed by atoms with Crippen LogP contribution in [-0.2, 0) is 4.79 Å². The van der Waals surface area contributed by atoms with Gasteiger partial charge >= 0.3 is 0 Å². The first kappa shape index (κ1) is 14.9. The summed E-state index contributed by atoms with van der Waals surface area (Å²) in [5.74, 6) is -0.160. The molecule has 1 rings (SSSR count). The van der Waals surface area contributed by atoms with Gasteiger partial charge in [0.1, 0.15) is 11.9 Å². The molecule has 0 radical (unpaired) electrons. The Labute approximate surface area is 109 Å². The summed E-state index contributed by atoms with van der Waals surface area (Å²) in [7, 11) is 0. The molecule has 18 heavy (non-hydrogen) atoms. The molecule has 0 fully saturated rings. The number of anilines is 1. The minimum absolute atomic E-state index is 0.0494. The summed E-state index contributed by atoms with van der Waals surface area (Å²) in [5, 5.41) is 19.5. The monoisotopic (exact) mass is 273 g/mol. The van der Waals surface area contributed by atoms with E-state index in [-0.39, 0.29) is 22.8 Å². The van der Waals surface area contributed by atoms with E-state index in [9.17, 15) is 19.4 Å². The molecule has 0 heterocycles. The van der Waals surface area contributed by atoms with E-state index in [2.05, 4.69) is 0 Å². The fourth-order valence-corrected chi connectivity index (χ4v) is 2.16. The van der Waals surface area contributed by atoms with Crippen molar-refractivity contribution in [1.82, 2.24) is 0 Å². The molecule has 1 aromatic rings. The number of rotatable bonds is 5. The summed E-state index contributed by atoms with van der Waals surface area (Å²) >= 11 is 1.07. The molecule has 0 aliphatic rings. The van der Waals surface area contributed by atoms with Crippen molar-refractivity contribution in [3.05, 3.63) is 29.6 Å². The lowest BCUT2D eigenvalue weighted by Crippen LogP contribution is -2.19. The number of carbonyl (C=O) groups is 1. The van der Waals surface area contributed by atoms with E-state index in [4.69, 9.17) is 5.73 Å². The van der Waals surface area contributed by atoms with Gasteiger partial charge in [0.15, 0.2) is 5.12 Å². The van der Waals surface area contributed by atoms with Gasteiger partial charge in [0.2, 0.25) is 0 Å². The van der Waals surface area contributed by atoms with Gasteiger partial charge in [-0.3, -0.25) is 4.79 Å². The molecule has 0 aromatic heterocycles. The normalized spacial score (nSPS) is 14.2. The van der Waals surface area contributed by atoms with E-state index >= 15 is 0 Å². The fraction of sp³-hybridized carbons (Fsp3) is 0.417. The summed E-state index contributed by atoms with van der Waals surface area (Å²) in [6, 6.07) is 3.67. The first-order valence-corrected chi connectivity index (χ1v) is 6.44. The molecule has 2 unspecified atom stereocenters. The minimum atomic E-state index is -1.21. The molecule has 0 amide bonds. The van der Waals surface area contributed by atoms with Crippen molar-refractivity contribution in [2.24, 2.45) is 0 Å². The van der Waals surface area contributed by atoms with Crippen LogP contribution >= 0.6 is 11.8 Å². The molecule has 0 saturated carbocycles. The van der Waals surface area contributed by atoms with Crippen molar-refractivity contribution < 1.29 is 19.4 Å². The molecule has 4 nitrogen and oxygen atoms in total. The lowest BCUT2D eigenvalue weighted by Gasteiger charge is -2.18. The summed E-state index contributed by atoms with van der Waals surface area (Å²) < 4.78 is 13.1. The number of aliphatic hydroxyl groups is 2. The SMILES string of the molecule is CC(=O)SCCC(O)C(O)c1cc(N)cc(F)c1. The number of benzene rings is 1. The number of halogens is 1. The summed E-state index contributed by atoms with van der Waals surface area (Å²) in [6.07, 6.45) is -2.03. The van der Waals surface area contributed by atoms with Crippen LogP contribution in [0.5, 0.6) is 0 Å². The number of nitrogens with two attached hydrogens (primary N) is 1. The highest BCUT2D eigenvalue weighted by Crippen LogP contribution is 2.23. The standard InChI is InChI=1S/C12H16FNO3S/c1-7(15)18-3-2-11(16)12(17)8-4-9(13)6-10(14)5-8/h4-6,11-12,16-17H,2-3,14H2,1H3. The Balaban J connectivity index is 2.62. The molecule has 6 heteroatoms. The third-order valence-electron chi connectivity index (χ3n) is 2.37. The average molecular weight is 273 g/mol. The summed E-state index contributed by atoms with van der Waals surface area (Å²) in [5.41, 5.74) is 5.87. The number of thioether (sulfide) groups is 1. The highest BCUT2D eigenvalue weighted by atomic mass is 32.2. The summed E-state index contributed by atoms with van der Waals surface area (Å²) in [4.78, 5) is 10.7. The second-order valence-corrected chi connectivity index (χ2v) is 5.23. The molecular formula is C12H16FNO3S. The molecule has 4 N–H and O–H groups in total. The van der Waals surface area contributed by atoms with Crippen LogP contribution in [0.2, 0.25) is 0 Å². The fourth-order valence-electron chi connectivity index (χ4n) is 1.51. The zero-order valence-electron chi connectivity index (χ0n) is 9.97. The van der Waals surface area contributed by atoms with Gasteiger partial charge < -0.3 is 15.9 Å². The van der Waals surface area contributed by atoms with E-state index in [0.29, 0.717) is 5.75 Å². The number of aliphatic hydroxyl groups excluding tert-OH is 2. The van der Waals surface area contributed by atoms with Crippen molar-refractivity contribution in [2.75, 3.05) is 11.5 Å². The zero-order chi connectivity index (χ0) is 13.7. The molecule has 100 valence electrons. The van der Waals surface area contributed by atoms with Crippen LogP contribution in [-0.4, -0.2) is 27.2 Å². The molecule has 0 aliphatic heterocycles. The number of carbonyl (C=O) groups excluding carboxylic acids is 1. The lowest BCUT2D eigenvalue weighted by atomic mass is 10.0. The van der Waals surface area contributed by atoms with Crippen molar-refractivity contribution >= 4 is 22.6 Å². The number of hydrogen-bond donors (Lipinski definition) is 3. The Hall–Kier alpha value is -1.11. The quantitative estimate of drug-likeness (QED) is 0.708. The van der Waals surface area contributed by atoms with Crippen LogP contribution < -0.4 is 5.73 Å². The van der Waals surface area contributed by atoms with Crippen molar-refractivity contribution in [3.63, 3.8) is 0 Å². The van der Waals surface area contributed by atoms with Crippen molar-refractivity contribution in [2.45, 2.75) is 25.6 Å². The molecular weight excluding hydrogens is 257 g/mol. The van der Waals surface area contributed by atoms with E-state index in [1.807, 2.05) is 0 Å². The number of nitrogen functional groups attached to an aromatic ring is 1. The van der Waals surface area contributed by atoms with Gasteiger partial charge in [0.25, 0.3) is 0 Å². The second kappa shape index (κ2) is 6.72. The first-order chi connectivity index (χ1) is 8.40. The predicted molar refractivity (Wildman–Crippen MR) is 69.5 cm³/mol. The zero-order valence-corrected chi connectivity index (χ0v) is 10.8. The maximum atomic E-state index is 13.1. The van der Waals surface area contributed by atoms with E-state index < -0.39 is 18.0 Å². The molecule has 0 spiro atoms. The smallest absolute Gasteiger partial charge is 0.185 e. The summed E-state index contributed by atoms with van der Waals surface area (Å²) in [6.45, 7) is 1.43. The van der Waals surface area contributed by atoms with Crippen molar-refractivity contribution in [3.8, 4) is 0 Å². The Bertz CT molecular complexity index is 408. The van der Waals surface area contributed by atoms with Crippen LogP contribution in [0.4, 0.5) is 10.1 Å². The van der Waals surface area contributed by atoms with Gasteiger partial charge in [-0.15, -0.1) is 0 Å². The molecule has 0 saturated heterocycles. The lowest BCUT2D eigenvalue weighted by molar-refractivity contribution is -0.109. The Morgan fingerprint density at radius 3 is 2.67 bits per heavy atom. The Kier molecular flexibility index (Phi) is 5.58. The Morgan fingerprint density at radius 2 is 2.11 bits per heavy atom. The predicted octanol–water partition coefficient (Wildman–Crippen LogP) is 1.47. The maximum absolute atomic E-state index is 13.1. The maximum Gasteiger partial charge on any atom is 0.185 e. The highest BCUT2D eigenvalue weighted by Gasteiger charge is 2.19. The third-order valence-corrected chi connectivity index (χ3v) is 3.21. The van der Waals surface area contributed by atoms with Gasteiger partial charge in [-0.1, -0.05) is 11.8 Å². The van der Waals surface area contributed by atoms with Gasteiger partial charge in [-0.25, -0.2) is 4.39 Å². The molecule has 1 aromatic carbocycles. The van der Waals surface area contributed by atoms with Crippen LogP contribution in [0.3, 0.4) is 0 Å². The first-order valence-electron chi connectivity index (χ1n) is 5.45. The van der Waals surface area contributed by atoms with Crippen molar-refractivity contribution in [1.29, 1.82) is 0 Å². The van der Waals surface area contributed by atoms with Crippen LogP contribution in [0, 0.1) is 5.82 Å². The van der Waals surface area contributed by atoms with Gasteiger partial charge in [0.05, 0.1) is 6.10 Å². The minimum Gasteiger partial charge on any atom is -0.399 e. The van der Waals surface area contributed by atoms with Gasteiger partial charge in [-0.2, -0.15) is 0 Å². The van der Waals surface area contributed by atoms with E-state index in [0.717, 1.165) is 23.9 Å². The van der Waals surface area contributed by atoms with Gasteiger partial charge in [-0.05, 0) is 30.2 Å².